The summed E-state index contributed by atoms with van der Waals surface area (Å²) in [6.07, 6.45) is 1.13. The van der Waals surface area contributed by atoms with Gasteiger partial charge in [-0.15, -0.1) is 0 Å². The van der Waals surface area contributed by atoms with Crippen molar-refractivity contribution in [3.63, 3.8) is 0 Å². The molecule has 7 nitrogen and oxygen atoms in total. The first-order valence-corrected chi connectivity index (χ1v) is 13.1. The molecule has 172 valence electrons. The molecule has 0 unspecified atom stereocenters. The summed E-state index contributed by atoms with van der Waals surface area (Å²) in [5, 5.41) is 0. The monoisotopic (exact) mass is 521 g/mol. The van der Waals surface area contributed by atoms with Gasteiger partial charge < -0.3 is 14.5 Å². The summed E-state index contributed by atoms with van der Waals surface area (Å²) in [6.45, 7) is 3.69. The van der Waals surface area contributed by atoms with E-state index >= 15 is 0 Å². The summed E-state index contributed by atoms with van der Waals surface area (Å²) in [5.74, 6) is 0.870. The van der Waals surface area contributed by atoms with Crippen LogP contribution in [0.5, 0.6) is 5.75 Å². The predicted octanol–water partition coefficient (Wildman–Crippen LogP) is 3.21. The van der Waals surface area contributed by atoms with Crippen molar-refractivity contribution in [3.05, 3.63) is 53.0 Å². The molecule has 0 aliphatic carbocycles. The summed E-state index contributed by atoms with van der Waals surface area (Å²) >= 11 is 3.33. The Labute approximate surface area is 198 Å². The molecule has 0 radical (unpaired) electrons. The van der Waals surface area contributed by atoms with Gasteiger partial charge in [0, 0.05) is 55.3 Å². The van der Waals surface area contributed by atoms with Gasteiger partial charge in [-0.3, -0.25) is 4.79 Å². The number of piperidine rings is 1. The molecule has 0 aromatic heterocycles. The van der Waals surface area contributed by atoms with E-state index in [1.54, 1.807) is 31.4 Å². The number of carbonyl (C=O) groups is 1. The minimum atomic E-state index is -3.52. The number of sulfonamides is 1. The van der Waals surface area contributed by atoms with E-state index in [2.05, 4.69) is 20.8 Å². The number of hydrogen-bond acceptors (Lipinski definition) is 5. The molecule has 0 saturated carbocycles. The summed E-state index contributed by atoms with van der Waals surface area (Å²) in [5.41, 5.74) is 1.13. The standard InChI is InChI=1S/C23H28BrN3O4S/c1-31-21-6-4-20(5-7-21)25-14-16-26(17-15-25)23(28)18-10-12-27(13-11-18)32(29,30)22-8-2-19(24)3-9-22/h2-9,18H,10-17H2,1H3. The predicted molar refractivity (Wildman–Crippen MR) is 127 cm³/mol. The number of ether oxygens (including phenoxy) is 1. The first-order chi connectivity index (χ1) is 15.4. The van der Waals surface area contributed by atoms with Crippen molar-refractivity contribution in [2.75, 3.05) is 51.3 Å². The summed E-state index contributed by atoms with van der Waals surface area (Å²) in [7, 11) is -1.87. The number of nitrogens with zero attached hydrogens (tertiary/aromatic N) is 3. The van der Waals surface area contributed by atoms with Crippen molar-refractivity contribution in [2.45, 2.75) is 17.7 Å². The van der Waals surface area contributed by atoms with Crippen LogP contribution in [0.1, 0.15) is 12.8 Å². The molecule has 2 aromatic carbocycles. The van der Waals surface area contributed by atoms with E-state index in [1.165, 1.54) is 4.31 Å². The summed E-state index contributed by atoms with van der Waals surface area (Å²) in [6, 6.07) is 14.7. The average molecular weight is 522 g/mol. The van der Waals surface area contributed by atoms with Crippen molar-refractivity contribution < 1.29 is 17.9 Å². The molecular formula is C23H28BrN3O4S. The molecule has 2 aliphatic heterocycles. The van der Waals surface area contributed by atoms with Crippen LogP contribution in [0.3, 0.4) is 0 Å². The van der Waals surface area contributed by atoms with E-state index < -0.39 is 10.0 Å². The second kappa shape index (κ2) is 9.80. The fourth-order valence-corrected chi connectivity index (χ4v) is 6.07. The van der Waals surface area contributed by atoms with Gasteiger partial charge in [0.1, 0.15) is 5.75 Å². The number of rotatable bonds is 5. The average Bonchev–Trinajstić information content (AvgIpc) is 2.84. The Bertz CT molecular complexity index is 1030. The second-order valence-electron chi connectivity index (χ2n) is 8.14. The van der Waals surface area contributed by atoms with Gasteiger partial charge >= 0.3 is 0 Å². The van der Waals surface area contributed by atoms with Gasteiger partial charge in [-0.2, -0.15) is 4.31 Å². The lowest BCUT2D eigenvalue weighted by Crippen LogP contribution is -2.52. The highest BCUT2D eigenvalue weighted by atomic mass is 79.9. The van der Waals surface area contributed by atoms with Gasteiger partial charge in [0.05, 0.1) is 12.0 Å². The lowest BCUT2D eigenvalue weighted by atomic mass is 9.96. The van der Waals surface area contributed by atoms with E-state index in [9.17, 15) is 13.2 Å². The Morgan fingerprint density at radius 1 is 0.906 bits per heavy atom. The number of piperazine rings is 1. The van der Waals surface area contributed by atoms with Gasteiger partial charge in [-0.05, 0) is 61.4 Å². The van der Waals surface area contributed by atoms with Gasteiger partial charge in [0.25, 0.3) is 0 Å². The van der Waals surface area contributed by atoms with E-state index in [-0.39, 0.29) is 11.8 Å². The van der Waals surface area contributed by atoms with Crippen molar-refractivity contribution in [2.24, 2.45) is 5.92 Å². The highest BCUT2D eigenvalue weighted by Gasteiger charge is 2.34. The molecule has 32 heavy (non-hydrogen) atoms. The van der Waals surface area contributed by atoms with Crippen molar-refractivity contribution in [3.8, 4) is 5.75 Å². The third-order valence-electron chi connectivity index (χ3n) is 6.28. The van der Waals surface area contributed by atoms with E-state index in [4.69, 9.17) is 4.74 Å². The SMILES string of the molecule is COc1ccc(N2CCN(C(=O)C3CCN(S(=O)(=O)c4ccc(Br)cc4)CC3)CC2)cc1. The van der Waals surface area contributed by atoms with Crippen molar-refractivity contribution in [1.82, 2.24) is 9.21 Å². The molecule has 0 spiro atoms. The first kappa shape index (κ1) is 23.1. The van der Waals surface area contributed by atoms with Crippen LogP contribution in [-0.2, 0) is 14.8 Å². The van der Waals surface area contributed by atoms with Crippen LogP contribution in [0.15, 0.2) is 57.9 Å². The molecule has 0 atom stereocenters. The highest BCUT2D eigenvalue weighted by Crippen LogP contribution is 2.27. The highest BCUT2D eigenvalue weighted by molar-refractivity contribution is 9.10. The number of methoxy groups -OCH3 is 1. The Morgan fingerprint density at radius 2 is 1.50 bits per heavy atom. The maximum absolute atomic E-state index is 13.1. The maximum Gasteiger partial charge on any atom is 0.243 e. The third-order valence-corrected chi connectivity index (χ3v) is 8.73. The number of benzene rings is 2. The number of carbonyl (C=O) groups excluding carboxylic acids is 1. The number of halogens is 1. The van der Waals surface area contributed by atoms with Crippen LogP contribution in [-0.4, -0.2) is 69.9 Å². The molecular weight excluding hydrogens is 494 g/mol. The molecule has 0 N–H and O–H groups in total. The quantitative estimate of drug-likeness (QED) is 0.604. The molecule has 2 fully saturated rings. The van der Waals surface area contributed by atoms with Crippen LogP contribution in [0, 0.1) is 5.92 Å². The molecule has 2 aromatic rings. The van der Waals surface area contributed by atoms with Gasteiger partial charge in [-0.25, -0.2) is 8.42 Å². The molecule has 0 bridgehead atoms. The van der Waals surface area contributed by atoms with Crippen molar-refractivity contribution >= 4 is 37.5 Å². The normalized spacial score (nSPS) is 18.6. The zero-order valence-electron chi connectivity index (χ0n) is 18.1. The molecule has 2 aliphatic rings. The third kappa shape index (κ3) is 4.94. The van der Waals surface area contributed by atoms with Crippen LogP contribution in [0.4, 0.5) is 5.69 Å². The Morgan fingerprint density at radius 3 is 2.06 bits per heavy atom. The van der Waals surface area contributed by atoms with E-state index in [0.717, 1.165) is 29.0 Å². The largest absolute Gasteiger partial charge is 0.497 e. The first-order valence-electron chi connectivity index (χ1n) is 10.8. The Hall–Kier alpha value is -2.10. The molecule has 2 saturated heterocycles. The zero-order valence-corrected chi connectivity index (χ0v) is 20.5. The molecule has 9 heteroatoms. The fraction of sp³-hybridized carbons (Fsp3) is 0.435. The van der Waals surface area contributed by atoms with Gasteiger partial charge in [0.2, 0.25) is 15.9 Å². The van der Waals surface area contributed by atoms with E-state index in [1.807, 2.05) is 29.2 Å². The lowest BCUT2D eigenvalue weighted by Gasteiger charge is -2.39. The van der Waals surface area contributed by atoms with Crippen LogP contribution in [0.2, 0.25) is 0 Å². The maximum atomic E-state index is 13.1. The number of amides is 1. The number of hydrogen-bond donors (Lipinski definition) is 0. The van der Waals surface area contributed by atoms with Crippen LogP contribution >= 0.6 is 15.9 Å². The zero-order chi connectivity index (χ0) is 22.7. The van der Waals surface area contributed by atoms with Crippen molar-refractivity contribution in [1.29, 1.82) is 0 Å². The van der Waals surface area contributed by atoms with E-state index in [0.29, 0.717) is 43.9 Å². The molecule has 1 amide bonds. The second-order valence-corrected chi connectivity index (χ2v) is 11.0. The Balaban J connectivity index is 1.29. The van der Waals surface area contributed by atoms with Gasteiger partial charge in [-0.1, -0.05) is 15.9 Å². The summed E-state index contributed by atoms with van der Waals surface area (Å²) in [4.78, 5) is 17.6. The van der Waals surface area contributed by atoms with Crippen LogP contribution in [0.25, 0.3) is 0 Å². The minimum Gasteiger partial charge on any atom is -0.497 e. The lowest BCUT2D eigenvalue weighted by molar-refractivity contribution is -0.137. The minimum absolute atomic E-state index is 0.112. The van der Waals surface area contributed by atoms with Crippen LogP contribution < -0.4 is 9.64 Å². The topological polar surface area (TPSA) is 70.2 Å². The summed E-state index contributed by atoms with van der Waals surface area (Å²) < 4.78 is 33.3. The smallest absolute Gasteiger partial charge is 0.243 e. The fourth-order valence-electron chi connectivity index (χ4n) is 4.34. The molecule has 2 heterocycles. The van der Waals surface area contributed by atoms with Gasteiger partial charge in [0.15, 0.2) is 0 Å². The Kier molecular flexibility index (Phi) is 7.07. The molecule has 4 rings (SSSR count). The number of anilines is 1.